The molecule has 0 unspecified atom stereocenters. The molecule has 0 aliphatic carbocycles. The number of amides is 1. The van der Waals surface area contributed by atoms with E-state index in [2.05, 4.69) is 15.0 Å². The van der Waals surface area contributed by atoms with Gasteiger partial charge in [-0.2, -0.15) is 0 Å². The number of anilines is 1. The van der Waals surface area contributed by atoms with Crippen LogP contribution in [0.25, 0.3) is 0 Å². The Kier molecular flexibility index (Phi) is 4.40. The summed E-state index contributed by atoms with van der Waals surface area (Å²) in [5.41, 5.74) is 2.34. The fourth-order valence-electron chi connectivity index (χ4n) is 2.48. The van der Waals surface area contributed by atoms with Gasteiger partial charge in [-0.1, -0.05) is 6.07 Å². The molecule has 0 fully saturated rings. The summed E-state index contributed by atoms with van der Waals surface area (Å²) in [6.07, 6.45) is 3.32. The second kappa shape index (κ2) is 6.47. The highest BCUT2D eigenvalue weighted by Crippen LogP contribution is 2.25. The van der Waals surface area contributed by atoms with E-state index in [4.69, 9.17) is 0 Å². The Morgan fingerprint density at radius 2 is 2.09 bits per heavy atom. The number of hydrogen-bond acceptors (Lipinski definition) is 4. The summed E-state index contributed by atoms with van der Waals surface area (Å²) in [6.45, 7) is 0.340. The predicted octanol–water partition coefficient (Wildman–Crippen LogP) is 1.49. The summed E-state index contributed by atoms with van der Waals surface area (Å²) < 4.78 is 27.2. The lowest BCUT2D eigenvalue weighted by Gasteiger charge is -2.08. The summed E-state index contributed by atoms with van der Waals surface area (Å²) in [5, 5.41) is 2.69. The van der Waals surface area contributed by atoms with Crippen molar-refractivity contribution in [2.24, 2.45) is 0 Å². The molecule has 2 N–H and O–H groups in total. The summed E-state index contributed by atoms with van der Waals surface area (Å²) in [4.78, 5) is 15.7. The fourth-order valence-corrected chi connectivity index (χ4v) is 3.60. The number of hydrogen-bond donors (Lipinski definition) is 2. The SMILES string of the molecule is O=C1Cc2cc(S(=O)(=O)NCCCc3ccccn3)ccc2N1. The number of nitrogens with one attached hydrogen (secondary N) is 2. The van der Waals surface area contributed by atoms with Crippen molar-refractivity contribution < 1.29 is 13.2 Å². The molecule has 3 rings (SSSR count). The van der Waals surface area contributed by atoms with Gasteiger partial charge in [0.25, 0.3) is 0 Å². The van der Waals surface area contributed by atoms with Gasteiger partial charge in [0.2, 0.25) is 15.9 Å². The van der Waals surface area contributed by atoms with E-state index in [1.807, 2.05) is 18.2 Å². The van der Waals surface area contributed by atoms with Gasteiger partial charge < -0.3 is 5.32 Å². The lowest BCUT2D eigenvalue weighted by molar-refractivity contribution is -0.115. The maximum Gasteiger partial charge on any atom is 0.240 e. The highest BCUT2D eigenvalue weighted by molar-refractivity contribution is 7.89. The second-order valence-electron chi connectivity index (χ2n) is 5.37. The topological polar surface area (TPSA) is 88.2 Å². The van der Waals surface area contributed by atoms with Crippen molar-refractivity contribution in [3.63, 3.8) is 0 Å². The molecule has 0 atom stereocenters. The van der Waals surface area contributed by atoms with E-state index >= 15 is 0 Å². The van der Waals surface area contributed by atoms with E-state index in [-0.39, 0.29) is 17.2 Å². The van der Waals surface area contributed by atoms with Gasteiger partial charge in [0.1, 0.15) is 0 Å². The van der Waals surface area contributed by atoms with Crippen molar-refractivity contribution in [3.05, 3.63) is 53.9 Å². The first-order valence-electron chi connectivity index (χ1n) is 7.37. The Morgan fingerprint density at radius 1 is 1.22 bits per heavy atom. The van der Waals surface area contributed by atoms with Crippen LogP contribution in [0.4, 0.5) is 5.69 Å². The first kappa shape index (κ1) is 15.6. The van der Waals surface area contributed by atoms with Crippen LogP contribution < -0.4 is 10.0 Å². The Hall–Kier alpha value is -2.25. The van der Waals surface area contributed by atoms with Crippen molar-refractivity contribution in [1.82, 2.24) is 9.71 Å². The first-order valence-corrected chi connectivity index (χ1v) is 8.85. The normalized spacial score (nSPS) is 13.7. The minimum Gasteiger partial charge on any atom is -0.326 e. The van der Waals surface area contributed by atoms with E-state index in [9.17, 15) is 13.2 Å². The highest BCUT2D eigenvalue weighted by atomic mass is 32.2. The Labute approximate surface area is 135 Å². The number of sulfonamides is 1. The Bertz CT molecular complexity index is 820. The molecule has 0 saturated carbocycles. The zero-order valence-electron chi connectivity index (χ0n) is 12.5. The Balaban J connectivity index is 1.59. The van der Waals surface area contributed by atoms with Crippen LogP contribution in [0.15, 0.2) is 47.5 Å². The summed E-state index contributed by atoms with van der Waals surface area (Å²) in [7, 11) is -3.56. The zero-order chi connectivity index (χ0) is 16.3. The molecule has 1 aromatic heterocycles. The zero-order valence-corrected chi connectivity index (χ0v) is 13.3. The van der Waals surface area contributed by atoms with Crippen LogP contribution >= 0.6 is 0 Å². The molecule has 2 aromatic rings. The third kappa shape index (κ3) is 3.75. The minimum absolute atomic E-state index is 0.113. The molecule has 0 radical (unpaired) electrons. The molecule has 1 amide bonds. The van der Waals surface area contributed by atoms with Gasteiger partial charge in [-0.3, -0.25) is 9.78 Å². The maximum absolute atomic E-state index is 12.3. The maximum atomic E-state index is 12.3. The number of nitrogens with zero attached hydrogens (tertiary/aromatic N) is 1. The van der Waals surface area contributed by atoms with Gasteiger partial charge in [0, 0.05) is 24.1 Å². The van der Waals surface area contributed by atoms with Gasteiger partial charge in [-0.05, 0) is 48.7 Å². The van der Waals surface area contributed by atoms with Crippen LogP contribution in [-0.4, -0.2) is 25.9 Å². The molecule has 0 bridgehead atoms. The molecule has 0 spiro atoms. The fraction of sp³-hybridized carbons (Fsp3) is 0.250. The van der Waals surface area contributed by atoms with Gasteiger partial charge in [0.15, 0.2) is 0 Å². The second-order valence-corrected chi connectivity index (χ2v) is 7.13. The third-order valence-electron chi connectivity index (χ3n) is 3.64. The molecular formula is C16H17N3O3S. The number of pyridine rings is 1. The van der Waals surface area contributed by atoms with E-state index in [1.54, 1.807) is 18.3 Å². The van der Waals surface area contributed by atoms with Crippen molar-refractivity contribution in [3.8, 4) is 0 Å². The molecule has 7 heteroatoms. The van der Waals surface area contributed by atoms with Gasteiger partial charge in [0.05, 0.1) is 11.3 Å². The van der Waals surface area contributed by atoms with Crippen LogP contribution in [0, 0.1) is 0 Å². The molecule has 1 aromatic carbocycles. The number of fused-ring (bicyclic) bond motifs is 1. The van der Waals surface area contributed by atoms with Crippen molar-refractivity contribution >= 4 is 21.6 Å². The Morgan fingerprint density at radius 3 is 2.87 bits per heavy atom. The molecule has 0 saturated heterocycles. The van der Waals surface area contributed by atoms with Gasteiger partial charge in [-0.15, -0.1) is 0 Å². The van der Waals surface area contributed by atoms with Gasteiger partial charge in [-0.25, -0.2) is 13.1 Å². The summed E-state index contributed by atoms with van der Waals surface area (Å²) in [6, 6.07) is 10.4. The summed E-state index contributed by atoms with van der Waals surface area (Å²) in [5.74, 6) is -0.113. The van der Waals surface area contributed by atoms with E-state index < -0.39 is 10.0 Å². The lowest BCUT2D eigenvalue weighted by atomic mass is 10.2. The minimum atomic E-state index is -3.56. The number of aromatic nitrogens is 1. The monoisotopic (exact) mass is 331 g/mol. The number of benzene rings is 1. The molecule has 120 valence electrons. The van der Waals surface area contributed by atoms with Crippen molar-refractivity contribution in [1.29, 1.82) is 0 Å². The predicted molar refractivity (Wildman–Crippen MR) is 86.5 cm³/mol. The molecule has 2 heterocycles. The largest absolute Gasteiger partial charge is 0.326 e. The molecule has 1 aliphatic heterocycles. The third-order valence-corrected chi connectivity index (χ3v) is 5.10. The van der Waals surface area contributed by atoms with Crippen LogP contribution in [0.2, 0.25) is 0 Å². The average Bonchev–Trinajstić information content (AvgIpc) is 2.92. The summed E-state index contributed by atoms with van der Waals surface area (Å²) >= 11 is 0. The standard InChI is InChI=1S/C16H17N3O3S/c20-16-11-12-10-14(6-7-15(12)19-16)23(21,22)18-9-3-5-13-4-1-2-8-17-13/h1-2,4,6-8,10,18H,3,5,9,11H2,(H,19,20). The first-order chi connectivity index (χ1) is 11.0. The molecule has 23 heavy (non-hydrogen) atoms. The number of rotatable bonds is 6. The van der Waals surface area contributed by atoms with E-state index in [1.165, 1.54) is 6.07 Å². The number of carbonyl (C=O) groups is 1. The quantitative estimate of drug-likeness (QED) is 0.785. The number of aryl methyl sites for hydroxylation is 1. The van der Waals surface area contributed by atoms with Crippen LogP contribution in [0.1, 0.15) is 17.7 Å². The smallest absolute Gasteiger partial charge is 0.240 e. The lowest BCUT2D eigenvalue weighted by Crippen LogP contribution is -2.25. The van der Waals surface area contributed by atoms with Crippen molar-refractivity contribution in [2.75, 3.05) is 11.9 Å². The van der Waals surface area contributed by atoms with Gasteiger partial charge >= 0.3 is 0 Å². The number of carbonyl (C=O) groups excluding carboxylic acids is 1. The molecule has 1 aliphatic rings. The van der Waals surface area contributed by atoms with Crippen LogP contribution in [0.5, 0.6) is 0 Å². The van der Waals surface area contributed by atoms with Crippen LogP contribution in [0.3, 0.4) is 0 Å². The molecular weight excluding hydrogens is 314 g/mol. The van der Waals surface area contributed by atoms with Crippen LogP contribution in [-0.2, 0) is 27.7 Å². The highest BCUT2D eigenvalue weighted by Gasteiger charge is 2.21. The van der Waals surface area contributed by atoms with E-state index in [0.29, 0.717) is 30.6 Å². The molecule has 6 nitrogen and oxygen atoms in total. The van der Waals surface area contributed by atoms with Crippen molar-refractivity contribution in [2.45, 2.75) is 24.2 Å². The average molecular weight is 331 g/mol. The van der Waals surface area contributed by atoms with E-state index in [0.717, 1.165) is 5.69 Å².